The first-order valence-corrected chi connectivity index (χ1v) is 7.62. The van der Waals surface area contributed by atoms with Gasteiger partial charge in [0.15, 0.2) is 5.78 Å². The summed E-state index contributed by atoms with van der Waals surface area (Å²) in [4.78, 5) is 12.8. The monoisotopic (exact) mass is 324 g/mol. The molecule has 1 aliphatic carbocycles. The van der Waals surface area contributed by atoms with Crippen LogP contribution in [0.4, 0.5) is 0 Å². The van der Waals surface area contributed by atoms with E-state index in [1.165, 1.54) is 0 Å². The molecule has 0 spiro atoms. The molecule has 0 saturated heterocycles. The number of benzene rings is 1. The summed E-state index contributed by atoms with van der Waals surface area (Å²) in [6, 6.07) is 5.85. The Bertz CT molecular complexity index is 498. The first kappa shape index (κ1) is 14.7. The van der Waals surface area contributed by atoms with Crippen LogP contribution in [0.15, 0.2) is 22.7 Å². The number of Topliss-reactive ketones (excluding diaryl/α,β-unsaturated/α-hetero) is 1. The lowest BCUT2D eigenvalue weighted by Gasteiger charge is -2.38. The molecule has 1 aromatic rings. The van der Waals surface area contributed by atoms with E-state index in [0.717, 1.165) is 34.9 Å². The summed E-state index contributed by atoms with van der Waals surface area (Å²) in [5, 5.41) is 9.84. The number of halogens is 1. The Labute approximate surface area is 123 Å². The van der Waals surface area contributed by atoms with Crippen molar-refractivity contribution in [2.45, 2.75) is 46.1 Å². The topological polar surface area (TPSA) is 37.3 Å². The minimum absolute atomic E-state index is 0.190. The van der Waals surface area contributed by atoms with Crippen LogP contribution < -0.4 is 0 Å². The normalized spacial score (nSPS) is 31.2. The maximum Gasteiger partial charge on any atom is 0.169 e. The summed E-state index contributed by atoms with van der Waals surface area (Å²) in [7, 11) is 0. The minimum atomic E-state index is -0.343. The predicted molar refractivity (Wildman–Crippen MR) is 80.3 cm³/mol. The Morgan fingerprint density at radius 3 is 2.79 bits per heavy atom. The van der Waals surface area contributed by atoms with Crippen LogP contribution in [0.2, 0.25) is 0 Å². The Morgan fingerprint density at radius 1 is 1.47 bits per heavy atom. The van der Waals surface area contributed by atoms with Crippen LogP contribution in [0.25, 0.3) is 0 Å². The van der Waals surface area contributed by atoms with Gasteiger partial charge in [-0.1, -0.05) is 35.8 Å². The molecule has 1 fully saturated rings. The smallest absolute Gasteiger partial charge is 0.169 e. The molecular formula is C16H21BrO2. The third-order valence-corrected chi connectivity index (χ3v) is 4.91. The van der Waals surface area contributed by atoms with Crippen LogP contribution in [0, 0.1) is 18.3 Å². The highest BCUT2D eigenvalue weighted by molar-refractivity contribution is 9.10. The van der Waals surface area contributed by atoms with E-state index < -0.39 is 0 Å². The van der Waals surface area contributed by atoms with E-state index in [2.05, 4.69) is 15.9 Å². The second-order valence-corrected chi connectivity index (χ2v) is 7.05. The number of rotatable bonds is 2. The van der Waals surface area contributed by atoms with E-state index >= 15 is 0 Å². The number of aliphatic hydroxyl groups is 1. The zero-order valence-corrected chi connectivity index (χ0v) is 13.3. The molecule has 3 heteroatoms. The van der Waals surface area contributed by atoms with E-state index in [4.69, 9.17) is 0 Å². The van der Waals surface area contributed by atoms with Gasteiger partial charge in [0.2, 0.25) is 0 Å². The first-order valence-electron chi connectivity index (χ1n) is 6.82. The van der Waals surface area contributed by atoms with Gasteiger partial charge >= 0.3 is 0 Å². The average molecular weight is 325 g/mol. The summed E-state index contributed by atoms with van der Waals surface area (Å²) in [5.74, 6) is 0.403. The van der Waals surface area contributed by atoms with Gasteiger partial charge in [0.05, 0.1) is 6.10 Å². The maximum absolute atomic E-state index is 12.8. The highest BCUT2D eigenvalue weighted by atomic mass is 79.9. The highest BCUT2D eigenvalue weighted by Crippen LogP contribution is 2.42. The maximum atomic E-state index is 12.8. The molecule has 2 rings (SSSR count). The van der Waals surface area contributed by atoms with Crippen LogP contribution in [0.5, 0.6) is 0 Å². The molecule has 0 aliphatic heterocycles. The van der Waals surface area contributed by atoms with Crippen molar-refractivity contribution in [1.82, 2.24) is 0 Å². The summed E-state index contributed by atoms with van der Waals surface area (Å²) >= 11 is 3.44. The van der Waals surface area contributed by atoms with Gasteiger partial charge in [-0.3, -0.25) is 4.79 Å². The number of carbonyl (C=O) groups is 1. The van der Waals surface area contributed by atoms with Crippen molar-refractivity contribution in [2.75, 3.05) is 0 Å². The van der Waals surface area contributed by atoms with Gasteiger partial charge in [-0.15, -0.1) is 0 Å². The Hall–Kier alpha value is -0.670. The van der Waals surface area contributed by atoms with Crippen molar-refractivity contribution in [2.24, 2.45) is 11.3 Å². The molecule has 2 nitrogen and oxygen atoms in total. The number of aliphatic hydroxyl groups excluding tert-OH is 1. The molecule has 104 valence electrons. The van der Waals surface area contributed by atoms with Crippen LogP contribution in [0.3, 0.4) is 0 Å². The molecule has 0 amide bonds. The van der Waals surface area contributed by atoms with E-state index in [9.17, 15) is 9.90 Å². The Balaban J connectivity index is 2.30. The van der Waals surface area contributed by atoms with Crippen molar-refractivity contribution >= 4 is 21.7 Å². The van der Waals surface area contributed by atoms with Gasteiger partial charge in [-0.05, 0) is 49.8 Å². The summed E-state index contributed by atoms with van der Waals surface area (Å²) in [6.07, 6.45) is 1.99. The fraction of sp³-hybridized carbons (Fsp3) is 0.562. The third-order valence-electron chi connectivity index (χ3n) is 4.41. The first-order chi connectivity index (χ1) is 8.83. The van der Waals surface area contributed by atoms with Crippen molar-refractivity contribution < 1.29 is 9.90 Å². The van der Waals surface area contributed by atoms with Gasteiger partial charge in [0.25, 0.3) is 0 Å². The lowest BCUT2D eigenvalue weighted by molar-refractivity contribution is 0.0233. The van der Waals surface area contributed by atoms with Gasteiger partial charge in [0, 0.05) is 15.5 Å². The molecule has 0 aromatic heterocycles. The molecule has 1 saturated carbocycles. The Morgan fingerprint density at radius 2 is 2.16 bits per heavy atom. The molecule has 1 N–H and O–H groups in total. The van der Waals surface area contributed by atoms with E-state index in [-0.39, 0.29) is 23.2 Å². The second kappa shape index (κ2) is 5.37. The molecule has 3 atom stereocenters. The minimum Gasteiger partial charge on any atom is -0.393 e. The van der Waals surface area contributed by atoms with Gasteiger partial charge in [-0.2, -0.15) is 0 Å². The number of ketones is 1. The van der Waals surface area contributed by atoms with E-state index in [1.807, 2.05) is 39.0 Å². The third kappa shape index (κ3) is 2.92. The van der Waals surface area contributed by atoms with E-state index in [1.54, 1.807) is 0 Å². The average Bonchev–Trinajstić information content (AvgIpc) is 2.36. The van der Waals surface area contributed by atoms with Crippen molar-refractivity contribution in [3.63, 3.8) is 0 Å². The fourth-order valence-electron chi connectivity index (χ4n) is 3.07. The molecule has 1 aliphatic rings. The number of aryl methyl sites for hydroxylation is 1. The summed E-state index contributed by atoms with van der Waals surface area (Å²) < 4.78 is 0.939. The Kier molecular flexibility index (Phi) is 4.17. The van der Waals surface area contributed by atoms with Crippen LogP contribution in [0.1, 0.15) is 49.0 Å². The van der Waals surface area contributed by atoms with Crippen molar-refractivity contribution in [1.29, 1.82) is 0 Å². The zero-order valence-electron chi connectivity index (χ0n) is 11.7. The number of hydrogen-bond acceptors (Lipinski definition) is 2. The SMILES string of the molecule is Cc1ccc(Br)cc1C(=O)[C@@]1(C)CC[C@H](O)[C@@H](C)C1. The molecule has 19 heavy (non-hydrogen) atoms. The van der Waals surface area contributed by atoms with Crippen molar-refractivity contribution in [3.05, 3.63) is 33.8 Å². The molecule has 1 aromatic carbocycles. The van der Waals surface area contributed by atoms with Crippen LogP contribution in [-0.4, -0.2) is 17.0 Å². The lowest BCUT2D eigenvalue weighted by Crippen LogP contribution is -2.39. The van der Waals surface area contributed by atoms with Gasteiger partial charge in [-0.25, -0.2) is 0 Å². The molecule has 0 unspecified atom stereocenters. The molecular weight excluding hydrogens is 304 g/mol. The van der Waals surface area contributed by atoms with Gasteiger partial charge < -0.3 is 5.11 Å². The van der Waals surface area contributed by atoms with Crippen LogP contribution >= 0.6 is 15.9 Å². The van der Waals surface area contributed by atoms with Gasteiger partial charge in [0.1, 0.15) is 0 Å². The van der Waals surface area contributed by atoms with E-state index in [0.29, 0.717) is 0 Å². The predicted octanol–water partition coefficient (Wildman–Crippen LogP) is 4.13. The molecule has 0 heterocycles. The summed E-state index contributed by atoms with van der Waals surface area (Å²) in [5.41, 5.74) is 1.48. The fourth-order valence-corrected chi connectivity index (χ4v) is 3.43. The number of hydrogen-bond donors (Lipinski definition) is 1. The standard InChI is InChI=1S/C16H21BrO2/c1-10-4-5-12(17)8-13(10)15(19)16(3)7-6-14(18)11(2)9-16/h4-5,8,11,14,18H,6-7,9H2,1-3H3/t11-,14-,16-/m0/s1. The second-order valence-electron chi connectivity index (χ2n) is 6.14. The number of carbonyl (C=O) groups excluding carboxylic acids is 1. The lowest BCUT2D eigenvalue weighted by atomic mass is 9.66. The van der Waals surface area contributed by atoms with Crippen molar-refractivity contribution in [3.8, 4) is 0 Å². The quantitative estimate of drug-likeness (QED) is 0.830. The molecule has 0 bridgehead atoms. The zero-order chi connectivity index (χ0) is 14.2. The van der Waals surface area contributed by atoms with Crippen LogP contribution in [-0.2, 0) is 0 Å². The molecule has 0 radical (unpaired) electrons. The highest BCUT2D eigenvalue weighted by Gasteiger charge is 2.41. The largest absolute Gasteiger partial charge is 0.393 e. The summed E-state index contributed by atoms with van der Waals surface area (Å²) in [6.45, 7) is 6.05.